The molecule has 0 saturated heterocycles. The van der Waals surface area contributed by atoms with Gasteiger partial charge in [0.05, 0.1) is 13.2 Å². The number of alkyl halides is 1. The maximum absolute atomic E-state index is 10.2. The van der Waals surface area contributed by atoms with Crippen LogP contribution in [0.3, 0.4) is 0 Å². The number of halogens is 1. The summed E-state index contributed by atoms with van der Waals surface area (Å²) in [4.78, 5) is 10.2. The third kappa shape index (κ3) is 3.15. The highest BCUT2D eigenvalue weighted by Gasteiger charge is 2.24. The van der Waals surface area contributed by atoms with Gasteiger partial charge in [-0.1, -0.05) is 18.5 Å². The minimum atomic E-state index is -1.23. The van der Waals surface area contributed by atoms with Crippen LogP contribution in [0.5, 0.6) is 0 Å². The Morgan fingerprint density at radius 1 is 1.80 bits per heavy atom. The van der Waals surface area contributed by atoms with Gasteiger partial charge in [0.15, 0.2) is 11.3 Å². The molecule has 1 atom stereocenters. The molecule has 4 heteroatoms. The van der Waals surface area contributed by atoms with Crippen molar-refractivity contribution in [2.75, 3.05) is 13.2 Å². The van der Waals surface area contributed by atoms with Crippen molar-refractivity contribution < 1.29 is 14.6 Å². The molecule has 0 rings (SSSR count). The summed E-state index contributed by atoms with van der Waals surface area (Å²) in [7, 11) is 0. The van der Waals surface area contributed by atoms with E-state index in [4.69, 9.17) is 21.4 Å². The Kier molecular flexibility index (Phi) is 4.60. The highest BCUT2D eigenvalue weighted by Crippen LogP contribution is 2.17. The van der Waals surface area contributed by atoms with E-state index in [0.717, 1.165) is 0 Å². The second kappa shape index (κ2) is 4.66. The summed E-state index contributed by atoms with van der Waals surface area (Å²) in [5.74, 6) is 0. The van der Waals surface area contributed by atoms with Crippen LogP contribution in [0.2, 0.25) is 0 Å². The quantitative estimate of drug-likeness (QED) is 0.479. The van der Waals surface area contributed by atoms with Gasteiger partial charge < -0.3 is 9.84 Å². The molecule has 0 bridgehead atoms. The number of rotatable bonds is 5. The Bertz CT molecular complexity index is 107. The van der Waals surface area contributed by atoms with Crippen LogP contribution in [0.1, 0.15) is 13.3 Å². The van der Waals surface area contributed by atoms with Crippen molar-refractivity contribution in [3.63, 3.8) is 0 Å². The van der Waals surface area contributed by atoms with Crippen LogP contribution in [0.15, 0.2) is 0 Å². The Hall–Kier alpha value is -0.120. The smallest absolute Gasteiger partial charge is 0.196 e. The van der Waals surface area contributed by atoms with Crippen LogP contribution in [0.4, 0.5) is 0 Å². The lowest BCUT2D eigenvalue weighted by atomic mass is 10.3. The van der Waals surface area contributed by atoms with E-state index in [2.05, 4.69) is 0 Å². The van der Waals surface area contributed by atoms with E-state index >= 15 is 0 Å². The summed E-state index contributed by atoms with van der Waals surface area (Å²) in [6, 6.07) is 0. The van der Waals surface area contributed by atoms with Crippen molar-refractivity contribution in [3.8, 4) is 0 Å². The molecule has 0 aliphatic carbocycles. The van der Waals surface area contributed by atoms with Crippen molar-refractivity contribution in [1.82, 2.24) is 0 Å². The van der Waals surface area contributed by atoms with Gasteiger partial charge in [-0.15, -0.1) is 0 Å². The topological polar surface area (TPSA) is 46.5 Å². The summed E-state index contributed by atoms with van der Waals surface area (Å²) in [6.45, 7) is 1.71. The number of carbonyl (C=O) groups excluding carboxylic acids is 1. The Morgan fingerprint density at radius 3 is 2.70 bits per heavy atom. The van der Waals surface area contributed by atoms with E-state index < -0.39 is 5.06 Å². The lowest BCUT2D eigenvalue weighted by Crippen LogP contribution is -2.27. The standard InChI is InChI=1S/C6H11ClO3/c1-2-6(7,5-9)10-4-3-8/h5,8H,2-4H2,1H3. The van der Waals surface area contributed by atoms with Gasteiger partial charge in [0.25, 0.3) is 0 Å². The summed E-state index contributed by atoms with van der Waals surface area (Å²) in [6.07, 6.45) is 0.933. The lowest BCUT2D eigenvalue weighted by Gasteiger charge is -2.17. The van der Waals surface area contributed by atoms with Crippen molar-refractivity contribution in [1.29, 1.82) is 0 Å². The monoisotopic (exact) mass is 166 g/mol. The third-order valence-corrected chi connectivity index (χ3v) is 1.56. The maximum Gasteiger partial charge on any atom is 0.196 e. The number of aliphatic hydroxyl groups is 1. The van der Waals surface area contributed by atoms with E-state index in [9.17, 15) is 4.79 Å². The minimum absolute atomic E-state index is 0.0933. The molecule has 0 aromatic heterocycles. The SMILES string of the molecule is CCC(Cl)(C=O)OCCO. The predicted molar refractivity (Wildman–Crippen MR) is 38.0 cm³/mol. The highest BCUT2D eigenvalue weighted by atomic mass is 35.5. The van der Waals surface area contributed by atoms with Gasteiger partial charge in [0, 0.05) is 0 Å². The van der Waals surface area contributed by atoms with E-state index in [-0.39, 0.29) is 13.2 Å². The van der Waals surface area contributed by atoms with Crippen molar-refractivity contribution in [2.24, 2.45) is 0 Å². The molecule has 0 aromatic carbocycles. The predicted octanol–water partition coefficient (Wildman–Crippen LogP) is 0.539. The number of hydrogen-bond acceptors (Lipinski definition) is 3. The fourth-order valence-electron chi connectivity index (χ4n) is 0.435. The third-order valence-electron chi connectivity index (χ3n) is 1.09. The van der Waals surface area contributed by atoms with Crippen LogP contribution < -0.4 is 0 Å². The second-order valence-electron chi connectivity index (χ2n) is 1.83. The van der Waals surface area contributed by atoms with E-state index in [1.54, 1.807) is 6.92 Å². The number of aldehydes is 1. The Balaban J connectivity index is 3.68. The maximum atomic E-state index is 10.2. The summed E-state index contributed by atoms with van der Waals surface area (Å²) >= 11 is 5.59. The molecular weight excluding hydrogens is 156 g/mol. The fraction of sp³-hybridized carbons (Fsp3) is 0.833. The molecular formula is C6H11ClO3. The van der Waals surface area contributed by atoms with Crippen LogP contribution in [-0.2, 0) is 9.53 Å². The summed E-state index contributed by atoms with van der Waals surface area (Å²) in [5, 5.41) is 7.09. The molecule has 0 fully saturated rings. The first-order valence-electron chi connectivity index (χ1n) is 3.08. The normalized spacial score (nSPS) is 16.3. The number of ether oxygens (including phenoxy) is 1. The molecule has 0 amide bonds. The first kappa shape index (κ1) is 9.88. The number of aliphatic hydroxyl groups excluding tert-OH is 1. The molecule has 60 valence electrons. The number of carbonyl (C=O) groups is 1. The van der Waals surface area contributed by atoms with E-state index in [1.165, 1.54) is 0 Å². The van der Waals surface area contributed by atoms with Gasteiger partial charge in [0.1, 0.15) is 0 Å². The van der Waals surface area contributed by atoms with Gasteiger partial charge in [0.2, 0.25) is 0 Å². The lowest BCUT2D eigenvalue weighted by molar-refractivity contribution is -0.122. The first-order chi connectivity index (χ1) is 4.68. The average Bonchev–Trinajstić information content (AvgIpc) is 2.00. The zero-order chi connectivity index (χ0) is 8.04. The molecule has 0 aliphatic rings. The molecule has 0 saturated carbocycles. The molecule has 0 aliphatic heterocycles. The van der Waals surface area contributed by atoms with Gasteiger partial charge in [-0.25, -0.2) is 0 Å². The van der Waals surface area contributed by atoms with Crippen LogP contribution in [0, 0.1) is 0 Å². The second-order valence-corrected chi connectivity index (χ2v) is 2.47. The largest absolute Gasteiger partial charge is 0.394 e. The van der Waals surface area contributed by atoms with Crippen LogP contribution in [-0.4, -0.2) is 29.7 Å². The van der Waals surface area contributed by atoms with Crippen molar-refractivity contribution in [2.45, 2.75) is 18.4 Å². The summed E-state index contributed by atoms with van der Waals surface area (Å²) in [5.41, 5.74) is 0. The highest BCUT2D eigenvalue weighted by molar-refractivity contribution is 6.30. The van der Waals surface area contributed by atoms with Crippen molar-refractivity contribution >= 4 is 17.9 Å². The van der Waals surface area contributed by atoms with Crippen LogP contribution >= 0.6 is 11.6 Å². The molecule has 1 unspecified atom stereocenters. The average molecular weight is 167 g/mol. The van der Waals surface area contributed by atoms with Gasteiger partial charge in [-0.05, 0) is 6.42 Å². The van der Waals surface area contributed by atoms with E-state index in [0.29, 0.717) is 12.7 Å². The molecule has 3 nitrogen and oxygen atoms in total. The first-order valence-corrected chi connectivity index (χ1v) is 3.46. The zero-order valence-electron chi connectivity index (χ0n) is 5.84. The molecule has 0 heterocycles. The zero-order valence-corrected chi connectivity index (χ0v) is 6.60. The Morgan fingerprint density at radius 2 is 2.40 bits per heavy atom. The molecule has 0 aromatic rings. The van der Waals surface area contributed by atoms with Crippen molar-refractivity contribution in [3.05, 3.63) is 0 Å². The Labute approximate surface area is 64.9 Å². The van der Waals surface area contributed by atoms with Gasteiger partial charge >= 0.3 is 0 Å². The van der Waals surface area contributed by atoms with Gasteiger partial charge in [-0.2, -0.15) is 0 Å². The summed E-state index contributed by atoms with van der Waals surface area (Å²) < 4.78 is 4.82. The minimum Gasteiger partial charge on any atom is -0.394 e. The van der Waals surface area contributed by atoms with Crippen LogP contribution in [0.25, 0.3) is 0 Å². The number of hydrogen-bond donors (Lipinski definition) is 1. The molecule has 0 spiro atoms. The molecule has 10 heavy (non-hydrogen) atoms. The fourth-order valence-corrected chi connectivity index (χ4v) is 0.512. The molecule has 0 radical (unpaired) electrons. The molecule has 1 N–H and O–H groups in total. The van der Waals surface area contributed by atoms with E-state index in [1.807, 2.05) is 0 Å². The van der Waals surface area contributed by atoms with Gasteiger partial charge in [-0.3, -0.25) is 4.79 Å².